The summed E-state index contributed by atoms with van der Waals surface area (Å²) in [6.07, 6.45) is 2.17. The molecule has 22 heavy (non-hydrogen) atoms. The van der Waals surface area contributed by atoms with Crippen molar-refractivity contribution in [3.63, 3.8) is 0 Å². The van der Waals surface area contributed by atoms with Crippen LogP contribution in [0.2, 0.25) is 16.9 Å². The lowest BCUT2D eigenvalue weighted by Crippen LogP contribution is -2.43. The molecule has 0 unspecified atom stereocenters. The van der Waals surface area contributed by atoms with Crippen molar-refractivity contribution in [2.24, 2.45) is 16.7 Å². The fraction of sp³-hybridized carbons (Fsp3) is 0.950. The highest BCUT2D eigenvalue weighted by atomic mass is 16.1. The highest BCUT2D eigenvalue weighted by Gasteiger charge is 2.47. The van der Waals surface area contributed by atoms with E-state index in [1.807, 2.05) is 20.8 Å². The molecule has 1 nitrogen and oxygen atoms in total. The Morgan fingerprint density at radius 3 is 1.55 bits per heavy atom. The average Bonchev–Trinajstić information content (AvgIpc) is 2.20. The lowest BCUT2D eigenvalue weighted by molar-refractivity contribution is -0.135. The third-order valence-corrected chi connectivity index (χ3v) is 4.89. The summed E-state index contributed by atoms with van der Waals surface area (Å²) < 4.78 is 0. The van der Waals surface area contributed by atoms with Crippen LogP contribution in [0, 0.1) is 16.7 Å². The lowest BCUT2D eigenvalue weighted by atomic mass is 9.20. The molecule has 0 saturated heterocycles. The third-order valence-electron chi connectivity index (χ3n) is 4.89. The van der Waals surface area contributed by atoms with E-state index in [4.69, 9.17) is 0 Å². The number of ketones is 1. The highest BCUT2D eigenvalue weighted by molar-refractivity contribution is 6.65. The molecular weight excluding hydrogens is 267 g/mol. The van der Waals surface area contributed by atoms with E-state index in [9.17, 15) is 4.79 Å². The molecule has 0 saturated carbocycles. The van der Waals surface area contributed by atoms with Crippen LogP contribution < -0.4 is 0 Å². The van der Waals surface area contributed by atoms with E-state index in [1.165, 1.54) is 6.32 Å². The molecule has 0 atom stereocenters. The fourth-order valence-corrected chi connectivity index (χ4v) is 4.67. The van der Waals surface area contributed by atoms with Crippen molar-refractivity contribution in [2.75, 3.05) is 0 Å². The zero-order valence-electron chi connectivity index (χ0n) is 17.5. The molecule has 0 fully saturated rings. The number of carbonyl (C=O) groups excluding carboxylic acids is 1. The molecular formula is C20H41BO. The monoisotopic (exact) mass is 308 g/mol. The predicted molar refractivity (Wildman–Crippen MR) is 102 cm³/mol. The summed E-state index contributed by atoms with van der Waals surface area (Å²) in [5.74, 6) is 1.07. The molecule has 0 heterocycles. The van der Waals surface area contributed by atoms with Crippen molar-refractivity contribution in [1.29, 1.82) is 0 Å². The summed E-state index contributed by atoms with van der Waals surface area (Å²) in [6, 6.07) is 0. The minimum absolute atomic E-state index is 0.146. The third kappa shape index (κ3) is 6.09. The first-order valence-corrected chi connectivity index (χ1v) is 8.96. The molecule has 0 bridgehead atoms. The molecule has 0 spiro atoms. The average molecular weight is 308 g/mol. The minimum atomic E-state index is -0.276. The van der Waals surface area contributed by atoms with Gasteiger partial charge < -0.3 is 0 Å². The van der Waals surface area contributed by atoms with Gasteiger partial charge in [-0.2, -0.15) is 0 Å². The molecule has 0 N–H and O–H groups in total. The first-order chi connectivity index (χ1) is 9.41. The minimum Gasteiger partial charge on any atom is -0.299 e. The summed E-state index contributed by atoms with van der Waals surface area (Å²) in [4.78, 5) is 12.9. The first kappa shape index (κ1) is 21.7. The zero-order chi connectivity index (χ0) is 18.1. The SMILES string of the molecule is CC(C)CB(C(C)(C)C)C(C)(C)CC(C)(C)C(=O)C(C)(C)C. The molecule has 0 aromatic carbocycles. The Bertz CT molecular complexity index is 377. The van der Waals surface area contributed by atoms with Gasteiger partial charge in [0.1, 0.15) is 5.78 Å². The first-order valence-electron chi connectivity index (χ1n) is 8.96. The van der Waals surface area contributed by atoms with Gasteiger partial charge in [0, 0.05) is 10.8 Å². The molecule has 0 aliphatic carbocycles. The summed E-state index contributed by atoms with van der Waals surface area (Å²) >= 11 is 0. The summed E-state index contributed by atoms with van der Waals surface area (Å²) in [5, 5.41) is 0.404. The number of hydrogen-bond donors (Lipinski definition) is 0. The predicted octanol–water partition coefficient (Wildman–Crippen LogP) is 6.75. The topological polar surface area (TPSA) is 17.1 Å². The van der Waals surface area contributed by atoms with E-state index in [-0.39, 0.29) is 21.5 Å². The van der Waals surface area contributed by atoms with Crippen LogP contribution >= 0.6 is 0 Å². The van der Waals surface area contributed by atoms with Crippen LogP contribution in [0.15, 0.2) is 0 Å². The molecule has 0 aromatic rings. The van der Waals surface area contributed by atoms with Gasteiger partial charge >= 0.3 is 0 Å². The van der Waals surface area contributed by atoms with Gasteiger partial charge in [-0.25, -0.2) is 0 Å². The van der Waals surface area contributed by atoms with E-state index in [0.29, 0.717) is 18.4 Å². The largest absolute Gasteiger partial charge is 0.299 e. The maximum atomic E-state index is 12.9. The zero-order valence-corrected chi connectivity index (χ0v) is 17.5. The Morgan fingerprint density at radius 1 is 0.864 bits per heavy atom. The molecule has 0 aromatic heterocycles. The molecule has 0 aliphatic rings. The molecule has 0 aliphatic heterocycles. The lowest BCUT2D eigenvalue weighted by Gasteiger charge is -2.45. The van der Waals surface area contributed by atoms with Crippen LogP contribution in [0.3, 0.4) is 0 Å². The van der Waals surface area contributed by atoms with Gasteiger partial charge in [-0.1, -0.05) is 106 Å². The van der Waals surface area contributed by atoms with Gasteiger partial charge in [-0.15, -0.1) is 0 Å². The summed E-state index contributed by atoms with van der Waals surface area (Å²) in [5.41, 5.74) is -0.545. The van der Waals surface area contributed by atoms with Crippen molar-refractivity contribution < 1.29 is 4.79 Å². The highest BCUT2D eigenvalue weighted by Crippen LogP contribution is 2.52. The van der Waals surface area contributed by atoms with E-state index in [1.54, 1.807) is 0 Å². The number of Topliss-reactive ketones (excluding diaryl/α,β-unsaturated/α-hetero) is 1. The van der Waals surface area contributed by atoms with E-state index < -0.39 is 0 Å². The van der Waals surface area contributed by atoms with Gasteiger partial charge in [-0.05, 0) is 6.42 Å². The Morgan fingerprint density at radius 2 is 1.27 bits per heavy atom. The Balaban J connectivity index is 5.48. The van der Waals surface area contributed by atoms with Crippen LogP contribution in [0.5, 0.6) is 0 Å². The molecule has 0 rings (SSSR count). The van der Waals surface area contributed by atoms with Crippen molar-refractivity contribution in [3.8, 4) is 0 Å². The Labute approximate surface area is 141 Å². The normalized spacial score (nSPS) is 14.4. The van der Waals surface area contributed by atoms with Gasteiger partial charge in [0.05, 0.1) is 0 Å². The Kier molecular flexibility index (Phi) is 6.61. The van der Waals surface area contributed by atoms with E-state index in [2.05, 4.69) is 62.3 Å². The summed E-state index contributed by atoms with van der Waals surface area (Å²) in [6.45, 7) is 27.4. The van der Waals surface area contributed by atoms with Gasteiger partial charge in [0.15, 0.2) is 6.71 Å². The second kappa shape index (κ2) is 6.69. The number of carbonyl (C=O) groups is 1. The smallest absolute Gasteiger partial charge is 0.151 e. The Hall–Kier alpha value is -0.265. The van der Waals surface area contributed by atoms with E-state index in [0.717, 1.165) is 6.42 Å². The second-order valence-corrected chi connectivity index (χ2v) is 11.2. The van der Waals surface area contributed by atoms with E-state index >= 15 is 0 Å². The summed E-state index contributed by atoms with van der Waals surface area (Å²) in [7, 11) is 0. The number of rotatable bonds is 6. The second-order valence-electron chi connectivity index (χ2n) is 11.2. The maximum Gasteiger partial charge on any atom is 0.151 e. The standard InChI is InChI=1S/C20H41BO/c1-15(2)13-21(18(6,7)8)20(11,12)14-19(9,10)16(22)17(3,4)5/h15H,13-14H2,1-12H3. The van der Waals surface area contributed by atoms with Gasteiger partial charge in [0.2, 0.25) is 0 Å². The molecule has 130 valence electrons. The van der Waals surface area contributed by atoms with Gasteiger partial charge in [-0.3, -0.25) is 4.79 Å². The van der Waals surface area contributed by atoms with Crippen molar-refractivity contribution in [3.05, 3.63) is 0 Å². The van der Waals surface area contributed by atoms with Crippen molar-refractivity contribution in [2.45, 2.75) is 106 Å². The van der Waals surface area contributed by atoms with Gasteiger partial charge in [0.25, 0.3) is 0 Å². The van der Waals surface area contributed by atoms with Crippen molar-refractivity contribution >= 4 is 12.5 Å². The van der Waals surface area contributed by atoms with Crippen LogP contribution in [0.25, 0.3) is 0 Å². The van der Waals surface area contributed by atoms with Crippen LogP contribution in [-0.4, -0.2) is 12.5 Å². The van der Waals surface area contributed by atoms with Crippen molar-refractivity contribution in [1.82, 2.24) is 0 Å². The maximum absolute atomic E-state index is 12.9. The van der Waals surface area contributed by atoms with Crippen LogP contribution in [0.4, 0.5) is 0 Å². The molecule has 0 amide bonds. The van der Waals surface area contributed by atoms with Crippen LogP contribution in [0.1, 0.15) is 89.5 Å². The number of hydrogen-bond acceptors (Lipinski definition) is 1. The molecule has 0 radical (unpaired) electrons. The van der Waals surface area contributed by atoms with Crippen LogP contribution in [-0.2, 0) is 4.79 Å². The quantitative estimate of drug-likeness (QED) is 0.496. The molecule has 2 heteroatoms. The fourth-order valence-electron chi connectivity index (χ4n) is 4.67.